The molecule has 1 heterocycles. The zero-order valence-corrected chi connectivity index (χ0v) is 13.3. The van der Waals surface area contributed by atoms with E-state index < -0.39 is 9.84 Å². The molecule has 1 aliphatic rings. The molecule has 1 aliphatic heterocycles. The van der Waals surface area contributed by atoms with E-state index in [4.69, 9.17) is 10.5 Å². The summed E-state index contributed by atoms with van der Waals surface area (Å²) in [5, 5.41) is 0. The molecule has 1 aromatic carbocycles. The van der Waals surface area contributed by atoms with Gasteiger partial charge >= 0.3 is 0 Å². The quantitative estimate of drug-likeness (QED) is 0.794. The Balaban J connectivity index is 1.72. The van der Waals surface area contributed by atoms with Crippen LogP contribution in [0.3, 0.4) is 0 Å². The van der Waals surface area contributed by atoms with Crippen molar-refractivity contribution in [3.63, 3.8) is 0 Å². The van der Waals surface area contributed by atoms with Crippen LogP contribution in [0, 0.1) is 0 Å². The predicted octanol–water partition coefficient (Wildman–Crippen LogP) is 1.03. The third-order valence-corrected chi connectivity index (χ3v) is 5.60. The minimum atomic E-state index is -2.83. The van der Waals surface area contributed by atoms with Crippen molar-refractivity contribution in [2.75, 3.05) is 31.2 Å². The van der Waals surface area contributed by atoms with Gasteiger partial charge in [-0.15, -0.1) is 0 Å². The highest BCUT2D eigenvalue weighted by atomic mass is 32.2. The smallest absolute Gasteiger partial charge is 0.153 e. The number of nitrogens with zero attached hydrogens (tertiary/aromatic N) is 1. The van der Waals surface area contributed by atoms with Crippen LogP contribution in [-0.2, 0) is 16.4 Å². The minimum Gasteiger partial charge on any atom is -0.494 e. The van der Waals surface area contributed by atoms with E-state index in [0.717, 1.165) is 24.3 Å². The Morgan fingerprint density at radius 2 is 2.24 bits per heavy atom. The van der Waals surface area contributed by atoms with Crippen molar-refractivity contribution in [1.29, 1.82) is 0 Å². The van der Waals surface area contributed by atoms with Crippen LogP contribution < -0.4 is 10.5 Å². The van der Waals surface area contributed by atoms with E-state index in [-0.39, 0.29) is 17.5 Å². The lowest BCUT2D eigenvalue weighted by atomic mass is 10.2. The van der Waals surface area contributed by atoms with Crippen molar-refractivity contribution in [3.8, 4) is 5.75 Å². The van der Waals surface area contributed by atoms with Crippen LogP contribution >= 0.6 is 0 Å². The SMILES string of the molecule is CC1CS(=O)(=O)CCN1CCCOc1cccc(CN)c1. The molecule has 6 heteroatoms. The topological polar surface area (TPSA) is 72.6 Å². The van der Waals surface area contributed by atoms with Gasteiger partial charge < -0.3 is 10.5 Å². The van der Waals surface area contributed by atoms with Crippen molar-refractivity contribution in [3.05, 3.63) is 29.8 Å². The van der Waals surface area contributed by atoms with Gasteiger partial charge in [0.15, 0.2) is 9.84 Å². The normalized spacial score (nSPS) is 22.1. The van der Waals surface area contributed by atoms with E-state index in [0.29, 0.717) is 19.7 Å². The third kappa shape index (κ3) is 4.98. The number of benzene rings is 1. The Bertz CT molecular complexity index is 560. The Morgan fingerprint density at radius 3 is 2.95 bits per heavy atom. The molecule has 0 amide bonds. The zero-order valence-electron chi connectivity index (χ0n) is 12.5. The summed E-state index contributed by atoms with van der Waals surface area (Å²) < 4.78 is 28.8. The number of nitrogens with two attached hydrogens (primary N) is 1. The molecule has 1 fully saturated rings. The molecule has 1 unspecified atom stereocenters. The summed E-state index contributed by atoms with van der Waals surface area (Å²) in [6, 6.07) is 7.90. The van der Waals surface area contributed by atoms with Crippen LogP contribution in [0.25, 0.3) is 0 Å². The molecular formula is C15H24N2O3S. The second-order valence-electron chi connectivity index (χ2n) is 5.55. The lowest BCUT2D eigenvalue weighted by Crippen LogP contribution is -2.47. The zero-order chi connectivity index (χ0) is 15.3. The second-order valence-corrected chi connectivity index (χ2v) is 7.78. The molecule has 5 nitrogen and oxygen atoms in total. The lowest BCUT2D eigenvalue weighted by molar-refractivity contribution is 0.202. The molecule has 2 rings (SSSR count). The summed E-state index contributed by atoms with van der Waals surface area (Å²) in [5.41, 5.74) is 6.65. The fourth-order valence-corrected chi connectivity index (χ4v) is 4.21. The van der Waals surface area contributed by atoms with Gasteiger partial charge in [0, 0.05) is 25.7 Å². The number of ether oxygens (including phenoxy) is 1. The minimum absolute atomic E-state index is 0.101. The average Bonchev–Trinajstić information content (AvgIpc) is 2.45. The highest BCUT2D eigenvalue weighted by Gasteiger charge is 2.27. The average molecular weight is 312 g/mol. The van der Waals surface area contributed by atoms with Gasteiger partial charge in [-0.3, -0.25) is 4.90 Å². The molecule has 2 N–H and O–H groups in total. The summed E-state index contributed by atoms with van der Waals surface area (Å²) in [4.78, 5) is 2.22. The molecule has 0 bridgehead atoms. The van der Waals surface area contributed by atoms with Crippen LogP contribution in [0.5, 0.6) is 5.75 Å². The van der Waals surface area contributed by atoms with E-state index in [1.54, 1.807) is 0 Å². The highest BCUT2D eigenvalue weighted by Crippen LogP contribution is 2.14. The fraction of sp³-hybridized carbons (Fsp3) is 0.600. The molecule has 0 radical (unpaired) electrons. The molecule has 0 saturated carbocycles. The van der Waals surface area contributed by atoms with Crippen molar-refractivity contribution in [2.24, 2.45) is 5.73 Å². The summed E-state index contributed by atoms with van der Waals surface area (Å²) in [5.74, 6) is 1.38. The highest BCUT2D eigenvalue weighted by molar-refractivity contribution is 7.91. The Morgan fingerprint density at radius 1 is 1.43 bits per heavy atom. The first-order valence-corrected chi connectivity index (χ1v) is 9.18. The third-order valence-electron chi connectivity index (χ3n) is 3.80. The Labute approximate surface area is 127 Å². The van der Waals surface area contributed by atoms with E-state index in [1.165, 1.54) is 0 Å². The van der Waals surface area contributed by atoms with E-state index >= 15 is 0 Å². The maximum Gasteiger partial charge on any atom is 0.153 e. The van der Waals surface area contributed by atoms with Gasteiger partial charge in [0.2, 0.25) is 0 Å². The number of rotatable bonds is 6. The fourth-order valence-electron chi connectivity index (χ4n) is 2.59. The van der Waals surface area contributed by atoms with Gasteiger partial charge in [-0.2, -0.15) is 0 Å². The molecule has 1 atom stereocenters. The second kappa shape index (κ2) is 7.24. The summed E-state index contributed by atoms with van der Waals surface area (Å²) in [7, 11) is -2.83. The van der Waals surface area contributed by atoms with Gasteiger partial charge in [0.1, 0.15) is 5.75 Å². The maximum absolute atomic E-state index is 11.5. The van der Waals surface area contributed by atoms with Crippen LogP contribution in [-0.4, -0.2) is 50.6 Å². The standard InChI is InChI=1S/C15H24N2O3S/c1-13-12-21(18,19)9-7-17(13)6-3-8-20-15-5-2-4-14(10-15)11-16/h2,4-5,10,13H,3,6-9,11-12,16H2,1H3. The maximum atomic E-state index is 11.5. The van der Waals surface area contributed by atoms with Gasteiger partial charge in [-0.1, -0.05) is 12.1 Å². The lowest BCUT2D eigenvalue weighted by Gasteiger charge is -2.32. The van der Waals surface area contributed by atoms with Crippen molar-refractivity contribution in [2.45, 2.75) is 25.9 Å². The molecule has 0 spiro atoms. The van der Waals surface area contributed by atoms with E-state index in [9.17, 15) is 8.42 Å². The molecule has 21 heavy (non-hydrogen) atoms. The van der Waals surface area contributed by atoms with Gasteiger partial charge in [0.25, 0.3) is 0 Å². The number of sulfone groups is 1. The first-order chi connectivity index (χ1) is 10.00. The van der Waals surface area contributed by atoms with Gasteiger partial charge in [-0.25, -0.2) is 8.42 Å². The van der Waals surface area contributed by atoms with Crippen LogP contribution in [0.2, 0.25) is 0 Å². The first kappa shape index (κ1) is 16.3. The van der Waals surface area contributed by atoms with Crippen molar-refractivity contribution >= 4 is 9.84 Å². The summed E-state index contributed by atoms with van der Waals surface area (Å²) in [6.45, 7) is 4.61. The number of hydrogen-bond donors (Lipinski definition) is 1. The molecule has 1 aromatic rings. The molecule has 0 aliphatic carbocycles. The predicted molar refractivity (Wildman–Crippen MR) is 84.1 cm³/mol. The molecular weight excluding hydrogens is 288 g/mol. The Kier molecular flexibility index (Phi) is 5.61. The Hall–Kier alpha value is -1.11. The van der Waals surface area contributed by atoms with E-state index in [2.05, 4.69) is 4.90 Å². The van der Waals surface area contributed by atoms with Crippen molar-refractivity contribution < 1.29 is 13.2 Å². The van der Waals surface area contributed by atoms with Crippen LogP contribution in [0.15, 0.2) is 24.3 Å². The van der Waals surface area contributed by atoms with Crippen LogP contribution in [0.1, 0.15) is 18.9 Å². The summed E-state index contributed by atoms with van der Waals surface area (Å²) >= 11 is 0. The largest absolute Gasteiger partial charge is 0.494 e. The molecule has 1 saturated heterocycles. The molecule has 0 aromatic heterocycles. The number of hydrogen-bond acceptors (Lipinski definition) is 5. The van der Waals surface area contributed by atoms with Gasteiger partial charge in [-0.05, 0) is 31.0 Å². The van der Waals surface area contributed by atoms with Gasteiger partial charge in [0.05, 0.1) is 18.1 Å². The monoisotopic (exact) mass is 312 g/mol. The molecule has 118 valence electrons. The van der Waals surface area contributed by atoms with Crippen molar-refractivity contribution in [1.82, 2.24) is 4.90 Å². The van der Waals surface area contributed by atoms with Crippen LogP contribution in [0.4, 0.5) is 0 Å². The first-order valence-electron chi connectivity index (χ1n) is 7.36. The summed E-state index contributed by atoms with van der Waals surface area (Å²) in [6.07, 6.45) is 0.886. The van der Waals surface area contributed by atoms with E-state index in [1.807, 2.05) is 31.2 Å².